The maximum atomic E-state index is 4.71. The summed E-state index contributed by atoms with van der Waals surface area (Å²) in [5.74, 6) is 0.769. The lowest BCUT2D eigenvalue weighted by Gasteiger charge is -2.44. The minimum atomic E-state index is 0.491. The highest BCUT2D eigenvalue weighted by Crippen LogP contribution is 2.43. The predicted molar refractivity (Wildman–Crippen MR) is 77.0 cm³/mol. The van der Waals surface area contributed by atoms with Crippen LogP contribution < -0.4 is 0 Å². The van der Waals surface area contributed by atoms with Crippen molar-refractivity contribution in [3.8, 4) is 0 Å². The molecule has 1 aliphatic carbocycles. The molecule has 104 valence electrons. The first kappa shape index (κ1) is 12.1. The van der Waals surface area contributed by atoms with Crippen molar-refractivity contribution in [2.24, 2.45) is 5.92 Å². The molecule has 0 bridgehead atoms. The number of piperidine rings is 1. The number of hydrogen-bond acceptors (Lipinski definition) is 3. The Hall–Kier alpha value is -1.68. The summed E-state index contributed by atoms with van der Waals surface area (Å²) in [6, 6.07) is 4.81. The standard InChI is InChI=1S/C16H20N4/c1-3-12-5-6-13-4-2-8-20(10-14-9-17-11-19-14)16(13)15(12)18-7-1/h1,3,7,9,11,13,16H,2,4-6,8,10H2,(H,17,19)/t13-,16-/m0/s1. The molecule has 0 spiro atoms. The molecular weight excluding hydrogens is 248 g/mol. The van der Waals surface area contributed by atoms with Crippen LogP contribution in [-0.4, -0.2) is 26.4 Å². The van der Waals surface area contributed by atoms with Crippen LogP contribution in [0, 0.1) is 5.92 Å². The molecule has 2 aromatic rings. The van der Waals surface area contributed by atoms with E-state index in [9.17, 15) is 0 Å². The summed E-state index contributed by atoms with van der Waals surface area (Å²) < 4.78 is 0. The van der Waals surface area contributed by atoms with Gasteiger partial charge >= 0.3 is 0 Å². The van der Waals surface area contributed by atoms with E-state index in [-0.39, 0.29) is 0 Å². The zero-order valence-electron chi connectivity index (χ0n) is 11.6. The predicted octanol–water partition coefficient (Wildman–Crippen LogP) is 2.70. The summed E-state index contributed by atoms with van der Waals surface area (Å²) in [6.45, 7) is 2.09. The van der Waals surface area contributed by atoms with Crippen molar-refractivity contribution in [2.45, 2.75) is 38.3 Å². The molecule has 0 saturated carbocycles. The van der Waals surface area contributed by atoms with E-state index in [1.807, 2.05) is 12.4 Å². The number of pyridine rings is 1. The van der Waals surface area contributed by atoms with Crippen molar-refractivity contribution in [1.29, 1.82) is 0 Å². The number of imidazole rings is 1. The number of rotatable bonds is 2. The number of fused-ring (bicyclic) bond motifs is 3. The van der Waals surface area contributed by atoms with Gasteiger partial charge in [-0.25, -0.2) is 4.98 Å². The van der Waals surface area contributed by atoms with Crippen molar-refractivity contribution in [2.75, 3.05) is 6.54 Å². The van der Waals surface area contributed by atoms with Gasteiger partial charge in [0.1, 0.15) is 0 Å². The third kappa shape index (κ3) is 2.04. The Morgan fingerprint density at radius 2 is 2.30 bits per heavy atom. The molecule has 0 aromatic carbocycles. The highest BCUT2D eigenvalue weighted by Gasteiger charge is 2.37. The number of hydrogen-bond donors (Lipinski definition) is 1. The molecule has 4 rings (SSSR count). The van der Waals surface area contributed by atoms with Gasteiger partial charge in [0, 0.05) is 18.9 Å². The van der Waals surface area contributed by atoms with Crippen molar-refractivity contribution in [3.05, 3.63) is 47.8 Å². The number of likely N-dealkylation sites (tertiary alicyclic amines) is 1. The number of H-pyrrole nitrogens is 1. The molecular formula is C16H20N4. The third-order valence-corrected chi connectivity index (χ3v) is 4.77. The Kier molecular flexibility index (Phi) is 3.03. The van der Waals surface area contributed by atoms with Gasteiger partial charge in [-0.05, 0) is 49.8 Å². The van der Waals surface area contributed by atoms with Gasteiger partial charge in [-0.1, -0.05) is 6.07 Å². The molecule has 2 aliphatic rings. The van der Waals surface area contributed by atoms with Crippen LogP contribution in [0.5, 0.6) is 0 Å². The zero-order valence-corrected chi connectivity index (χ0v) is 11.6. The number of aromatic amines is 1. The Morgan fingerprint density at radius 1 is 1.30 bits per heavy atom. The minimum absolute atomic E-state index is 0.491. The molecule has 1 N–H and O–H groups in total. The van der Waals surface area contributed by atoms with Crippen molar-refractivity contribution < 1.29 is 0 Å². The van der Waals surface area contributed by atoms with Crippen molar-refractivity contribution in [3.63, 3.8) is 0 Å². The van der Waals surface area contributed by atoms with Gasteiger partial charge in [-0.2, -0.15) is 0 Å². The minimum Gasteiger partial charge on any atom is -0.351 e. The Labute approximate surface area is 119 Å². The molecule has 1 aliphatic heterocycles. The Bertz CT molecular complexity index is 578. The van der Waals surface area contributed by atoms with Gasteiger partial charge in [0.2, 0.25) is 0 Å². The highest BCUT2D eigenvalue weighted by molar-refractivity contribution is 5.27. The van der Waals surface area contributed by atoms with Crippen LogP contribution in [0.25, 0.3) is 0 Å². The van der Waals surface area contributed by atoms with Gasteiger partial charge in [-0.3, -0.25) is 9.88 Å². The molecule has 0 unspecified atom stereocenters. The molecule has 3 heterocycles. The smallest absolute Gasteiger partial charge is 0.0923 e. The van der Waals surface area contributed by atoms with Crippen LogP contribution in [0.1, 0.15) is 42.3 Å². The molecule has 0 amide bonds. The number of nitrogens with one attached hydrogen (secondary N) is 1. The first-order chi connectivity index (χ1) is 9.92. The molecule has 2 aromatic heterocycles. The lowest BCUT2D eigenvalue weighted by Crippen LogP contribution is -2.41. The lowest BCUT2D eigenvalue weighted by molar-refractivity contribution is 0.0686. The molecule has 1 saturated heterocycles. The first-order valence-electron chi connectivity index (χ1n) is 7.57. The first-order valence-corrected chi connectivity index (χ1v) is 7.57. The van der Waals surface area contributed by atoms with E-state index in [4.69, 9.17) is 4.98 Å². The fourth-order valence-corrected chi connectivity index (χ4v) is 3.88. The zero-order chi connectivity index (χ0) is 13.4. The van der Waals surface area contributed by atoms with Crippen LogP contribution in [0.3, 0.4) is 0 Å². The summed E-state index contributed by atoms with van der Waals surface area (Å²) in [5, 5.41) is 0. The van der Waals surface area contributed by atoms with E-state index in [0.29, 0.717) is 6.04 Å². The Morgan fingerprint density at radius 3 is 3.20 bits per heavy atom. The third-order valence-electron chi connectivity index (χ3n) is 4.77. The fourth-order valence-electron chi connectivity index (χ4n) is 3.88. The van der Waals surface area contributed by atoms with Crippen LogP contribution in [0.4, 0.5) is 0 Å². The Balaban J connectivity index is 1.67. The van der Waals surface area contributed by atoms with E-state index >= 15 is 0 Å². The molecule has 4 nitrogen and oxygen atoms in total. The second kappa shape index (κ2) is 5.02. The highest BCUT2D eigenvalue weighted by atomic mass is 15.2. The molecule has 4 heteroatoms. The number of aryl methyl sites for hydroxylation is 1. The van der Waals surface area contributed by atoms with E-state index < -0.39 is 0 Å². The quantitative estimate of drug-likeness (QED) is 0.911. The summed E-state index contributed by atoms with van der Waals surface area (Å²) in [4.78, 5) is 14.7. The van der Waals surface area contributed by atoms with E-state index in [2.05, 4.69) is 27.0 Å². The molecule has 2 atom stereocenters. The average Bonchev–Trinajstić information content (AvgIpc) is 3.00. The van der Waals surface area contributed by atoms with E-state index in [1.54, 1.807) is 6.33 Å². The summed E-state index contributed by atoms with van der Waals surface area (Å²) in [6.07, 6.45) is 10.9. The van der Waals surface area contributed by atoms with Crippen LogP contribution in [-0.2, 0) is 13.0 Å². The van der Waals surface area contributed by atoms with Crippen LogP contribution >= 0.6 is 0 Å². The van der Waals surface area contributed by atoms with Gasteiger partial charge in [-0.15, -0.1) is 0 Å². The van der Waals surface area contributed by atoms with Gasteiger partial charge < -0.3 is 4.98 Å². The van der Waals surface area contributed by atoms with Crippen molar-refractivity contribution >= 4 is 0 Å². The van der Waals surface area contributed by atoms with Crippen LogP contribution in [0.15, 0.2) is 30.9 Å². The molecule has 0 radical (unpaired) electrons. The van der Waals surface area contributed by atoms with Crippen molar-refractivity contribution in [1.82, 2.24) is 19.9 Å². The topological polar surface area (TPSA) is 44.8 Å². The number of aromatic nitrogens is 3. The van der Waals surface area contributed by atoms with Gasteiger partial charge in [0.15, 0.2) is 0 Å². The normalized spacial score (nSPS) is 26.0. The second-order valence-electron chi connectivity index (χ2n) is 5.96. The lowest BCUT2D eigenvalue weighted by atomic mass is 9.77. The molecule has 1 fully saturated rings. The summed E-state index contributed by atoms with van der Waals surface area (Å²) >= 11 is 0. The number of nitrogens with zero attached hydrogens (tertiary/aromatic N) is 3. The maximum Gasteiger partial charge on any atom is 0.0923 e. The maximum absolute atomic E-state index is 4.71. The van der Waals surface area contributed by atoms with E-state index in [0.717, 1.165) is 24.7 Å². The van der Waals surface area contributed by atoms with Gasteiger partial charge in [0.05, 0.1) is 23.8 Å². The summed E-state index contributed by atoms with van der Waals surface area (Å²) in [5.41, 5.74) is 3.90. The largest absolute Gasteiger partial charge is 0.351 e. The molecule has 20 heavy (non-hydrogen) atoms. The van der Waals surface area contributed by atoms with Crippen LogP contribution in [0.2, 0.25) is 0 Å². The monoisotopic (exact) mass is 268 g/mol. The summed E-state index contributed by atoms with van der Waals surface area (Å²) in [7, 11) is 0. The van der Waals surface area contributed by atoms with E-state index in [1.165, 1.54) is 36.9 Å². The SMILES string of the molecule is c1cnc2c(c1)CC[C@@H]1CCCN(Cc3c[nH]cn3)[C@H]21. The second-order valence-corrected chi connectivity index (χ2v) is 5.96. The fraction of sp³-hybridized carbons (Fsp3) is 0.500. The van der Waals surface area contributed by atoms with Gasteiger partial charge in [0.25, 0.3) is 0 Å². The average molecular weight is 268 g/mol.